The van der Waals surface area contributed by atoms with Crippen molar-refractivity contribution in [1.82, 2.24) is 4.72 Å². The minimum Gasteiger partial charge on any atom is -0.464 e. The molecule has 1 aliphatic carbocycles. The number of esters is 1. The molecule has 0 heterocycles. The maximum absolute atomic E-state index is 12.4. The Hall–Kier alpha value is -2.20. The second-order valence-electron chi connectivity index (χ2n) is 7.25. The highest BCUT2D eigenvalue weighted by molar-refractivity contribution is 7.89. The van der Waals surface area contributed by atoms with E-state index in [0.717, 1.165) is 31.7 Å². The minimum absolute atomic E-state index is 0.0572. The quantitative estimate of drug-likeness (QED) is 0.362. The van der Waals surface area contributed by atoms with E-state index in [1.54, 1.807) is 0 Å². The molecule has 28 heavy (non-hydrogen) atoms. The Morgan fingerprint density at radius 2 is 1.96 bits per heavy atom. The van der Waals surface area contributed by atoms with Crippen LogP contribution in [0, 0.1) is 16.0 Å². The number of sulfonamides is 1. The highest BCUT2D eigenvalue weighted by Gasteiger charge is 2.23. The van der Waals surface area contributed by atoms with E-state index in [2.05, 4.69) is 10.0 Å². The van der Waals surface area contributed by atoms with Gasteiger partial charge >= 0.3 is 5.97 Å². The molecule has 156 valence electrons. The van der Waals surface area contributed by atoms with E-state index < -0.39 is 27.5 Å². The smallest absolute Gasteiger partial charge is 0.321 e. The van der Waals surface area contributed by atoms with Gasteiger partial charge in [0, 0.05) is 12.1 Å². The molecule has 1 aromatic carbocycles. The summed E-state index contributed by atoms with van der Waals surface area (Å²) in [5.41, 5.74) is -0.123. The van der Waals surface area contributed by atoms with Crippen molar-refractivity contribution in [2.75, 3.05) is 18.5 Å². The molecule has 10 heteroatoms. The van der Waals surface area contributed by atoms with Crippen LogP contribution in [0.25, 0.3) is 0 Å². The number of nitro groups is 1. The van der Waals surface area contributed by atoms with Gasteiger partial charge in [-0.3, -0.25) is 14.9 Å². The fraction of sp³-hybridized carbons (Fsp3) is 0.611. The Kier molecular flexibility index (Phi) is 7.76. The summed E-state index contributed by atoms with van der Waals surface area (Å²) in [6.07, 6.45) is 5.46. The zero-order valence-electron chi connectivity index (χ0n) is 16.1. The van der Waals surface area contributed by atoms with Crippen LogP contribution in [0.5, 0.6) is 0 Å². The molecule has 0 amide bonds. The molecule has 2 rings (SSSR count). The molecule has 0 saturated heterocycles. The lowest BCUT2D eigenvalue weighted by Gasteiger charge is -2.21. The van der Waals surface area contributed by atoms with Gasteiger partial charge < -0.3 is 10.1 Å². The molecule has 1 fully saturated rings. The molecule has 0 radical (unpaired) electrons. The number of benzene rings is 1. The standard InChI is InChI=1S/C18H27N3O6S/c1-13(2)20-16-9-8-15(10-17(16)21(23)24)28(25,26)19-11-18(22)27-12-14-6-4-3-5-7-14/h8-10,13-14,19-20H,3-7,11-12H2,1-2H3. The van der Waals surface area contributed by atoms with Crippen LogP contribution in [0.4, 0.5) is 11.4 Å². The van der Waals surface area contributed by atoms with Crippen LogP contribution >= 0.6 is 0 Å². The van der Waals surface area contributed by atoms with E-state index in [4.69, 9.17) is 4.74 Å². The van der Waals surface area contributed by atoms with Crippen LogP contribution < -0.4 is 10.0 Å². The van der Waals surface area contributed by atoms with Crippen molar-refractivity contribution < 1.29 is 22.9 Å². The number of anilines is 1. The summed E-state index contributed by atoms with van der Waals surface area (Å²) in [6.45, 7) is 3.40. The average Bonchev–Trinajstić information content (AvgIpc) is 2.65. The Labute approximate surface area is 165 Å². The summed E-state index contributed by atoms with van der Waals surface area (Å²) in [5.74, 6) is -0.334. The zero-order chi connectivity index (χ0) is 20.7. The molecule has 1 aromatic rings. The summed E-state index contributed by atoms with van der Waals surface area (Å²) < 4.78 is 32.1. The average molecular weight is 413 g/mol. The number of carbonyl (C=O) groups excluding carboxylic acids is 1. The van der Waals surface area contributed by atoms with Gasteiger partial charge in [-0.15, -0.1) is 0 Å². The van der Waals surface area contributed by atoms with Crippen molar-refractivity contribution in [2.24, 2.45) is 5.92 Å². The first kappa shape index (κ1) is 22.1. The van der Waals surface area contributed by atoms with Crippen molar-refractivity contribution in [2.45, 2.75) is 56.9 Å². The van der Waals surface area contributed by atoms with Crippen molar-refractivity contribution in [3.8, 4) is 0 Å². The van der Waals surface area contributed by atoms with Gasteiger partial charge in [-0.25, -0.2) is 8.42 Å². The monoisotopic (exact) mass is 413 g/mol. The third-order valence-corrected chi connectivity index (χ3v) is 5.93. The van der Waals surface area contributed by atoms with Crippen molar-refractivity contribution in [1.29, 1.82) is 0 Å². The zero-order valence-corrected chi connectivity index (χ0v) is 17.0. The SMILES string of the molecule is CC(C)Nc1ccc(S(=O)(=O)NCC(=O)OCC2CCCCC2)cc1[N+](=O)[O-]. The van der Waals surface area contributed by atoms with E-state index in [9.17, 15) is 23.3 Å². The third-order valence-electron chi connectivity index (χ3n) is 4.53. The summed E-state index contributed by atoms with van der Waals surface area (Å²) in [7, 11) is -4.08. The highest BCUT2D eigenvalue weighted by Crippen LogP contribution is 2.28. The maximum atomic E-state index is 12.4. The predicted octanol–water partition coefficient (Wildman–Crippen LogP) is 2.82. The topological polar surface area (TPSA) is 128 Å². The van der Waals surface area contributed by atoms with Gasteiger partial charge in [0.25, 0.3) is 5.69 Å². The van der Waals surface area contributed by atoms with Crippen molar-refractivity contribution in [3.05, 3.63) is 28.3 Å². The molecule has 0 bridgehead atoms. The molecule has 0 aliphatic heterocycles. The van der Waals surface area contributed by atoms with E-state index >= 15 is 0 Å². The lowest BCUT2D eigenvalue weighted by atomic mass is 9.90. The molecule has 0 atom stereocenters. The summed E-state index contributed by atoms with van der Waals surface area (Å²) in [5, 5.41) is 14.2. The second kappa shape index (κ2) is 9.83. The number of hydrogen-bond acceptors (Lipinski definition) is 7. The fourth-order valence-corrected chi connectivity index (χ4v) is 4.10. The molecule has 0 aromatic heterocycles. The Bertz CT molecular complexity index is 804. The first-order chi connectivity index (χ1) is 13.2. The van der Waals surface area contributed by atoms with Crippen LogP contribution in [0.15, 0.2) is 23.1 Å². The number of nitro benzene ring substituents is 1. The lowest BCUT2D eigenvalue weighted by molar-refractivity contribution is -0.384. The van der Waals surface area contributed by atoms with Gasteiger partial charge in [-0.1, -0.05) is 19.3 Å². The fourth-order valence-electron chi connectivity index (χ4n) is 3.12. The van der Waals surface area contributed by atoms with Gasteiger partial charge in [0.2, 0.25) is 10.0 Å². The molecule has 1 aliphatic rings. The molecule has 9 nitrogen and oxygen atoms in total. The van der Waals surface area contributed by atoms with Gasteiger partial charge in [-0.05, 0) is 44.7 Å². The largest absolute Gasteiger partial charge is 0.464 e. The Morgan fingerprint density at radius 3 is 2.57 bits per heavy atom. The van der Waals surface area contributed by atoms with Crippen LogP contribution in [-0.4, -0.2) is 38.5 Å². The number of rotatable bonds is 9. The van der Waals surface area contributed by atoms with Crippen molar-refractivity contribution >= 4 is 27.4 Å². The Morgan fingerprint density at radius 1 is 1.29 bits per heavy atom. The second-order valence-corrected chi connectivity index (χ2v) is 9.01. The Balaban J connectivity index is 1.98. The first-order valence-electron chi connectivity index (χ1n) is 9.39. The normalized spacial score (nSPS) is 15.4. The van der Waals surface area contributed by atoms with Gasteiger partial charge in [0.15, 0.2) is 0 Å². The summed E-state index contributed by atoms with van der Waals surface area (Å²) >= 11 is 0. The van der Waals surface area contributed by atoms with E-state index in [0.29, 0.717) is 12.5 Å². The number of ether oxygens (including phenoxy) is 1. The predicted molar refractivity (Wildman–Crippen MR) is 105 cm³/mol. The van der Waals surface area contributed by atoms with E-state index in [1.807, 2.05) is 13.8 Å². The van der Waals surface area contributed by atoms with Crippen molar-refractivity contribution in [3.63, 3.8) is 0 Å². The molecular weight excluding hydrogens is 386 g/mol. The summed E-state index contributed by atoms with van der Waals surface area (Å²) in [4.78, 5) is 22.2. The minimum atomic E-state index is -4.08. The van der Waals surface area contributed by atoms with E-state index in [1.165, 1.54) is 18.6 Å². The number of nitrogens with zero attached hydrogens (tertiary/aromatic N) is 1. The third kappa shape index (κ3) is 6.45. The maximum Gasteiger partial charge on any atom is 0.321 e. The molecule has 0 spiro atoms. The van der Waals surface area contributed by atoms with Gasteiger partial charge in [0.1, 0.15) is 12.2 Å². The van der Waals surface area contributed by atoms with E-state index in [-0.39, 0.29) is 22.3 Å². The molecule has 2 N–H and O–H groups in total. The lowest BCUT2D eigenvalue weighted by Crippen LogP contribution is -2.31. The van der Waals surface area contributed by atoms with Gasteiger partial charge in [-0.2, -0.15) is 4.72 Å². The summed E-state index contributed by atoms with van der Waals surface area (Å²) in [6, 6.07) is 3.51. The first-order valence-corrected chi connectivity index (χ1v) is 10.9. The van der Waals surface area contributed by atoms with Crippen LogP contribution in [-0.2, 0) is 19.6 Å². The number of nitrogens with one attached hydrogen (secondary N) is 2. The van der Waals surface area contributed by atoms with Crippen LogP contribution in [0.2, 0.25) is 0 Å². The van der Waals surface area contributed by atoms with Crippen LogP contribution in [0.1, 0.15) is 46.0 Å². The highest BCUT2D eigenvalue weighted by atomic mass is 32.2. The number of carbonyl (C=O) groups is 1. The number of hydrogen-bond donors (Lipinski definition) is 2. The van der Waals surface area contributed by atoms with Crippen LogP contribution in [0.3, 0.4) is 0 Å². The van der Waals surface area contributed by atoms with Gasteiger partial charge in [0.05, 0.1) is 16.4 Å². The molecule has 0 unspecified atom stereocenters. The molecule has 1 saturated carbocycles. The molecular formula is C18H27N3O6S.